The molecule has 0 bridgehead atoms. The van der Waals surface area contributed by atoms with E-state index in [-0.39, 0.29) is 23.5 Å². The maximum absolute atomic E-state index is 8.36. The maximum atomic E-state index is 8.36. The largest absolute Gasteiger partial charge is 0.483 e. The Morgan fingerprint density at radius 1 is 1.75 bits per heavy atom. The van der Waals surface area contributed by atoms with Crippen LogP contribution in [0.3, 0.4) is 0 Å². The molecule has 0 atom stereocenters. The molecule has 0 aromatic rings. The van der Waals surface area contributed by atoms with E-state index in [1.165, 1.54) is 0 Å². The summed E-state index contributed by atoms with van der Waals surface area (Å²) in [5.74, 6) is 0. The van der Waals surface area contributed by atoms with Crippen molar-refractivity contribution in [1.82, 2.24) is 0 Å². The Morgan fingerprint density at radius 2 is 1.75 bits per heavy atom. The maximum Gasteiger partial charge on any atom is 0.290 e. The van der Waals surface area contributed by atoms with E-state index in [1.54, 1.807) is 0 Å². The van der Waals surface area contributed by atoms with Crippen molar-refractivity contribution in [3.05, 3.63) is 0 Å². The van der Waals surface area contributed by atoms with E-state index in [1.807, 2.05) is 0 Å². The number of carbonyl (C=O) groups is 1. The molecule has 0 aliphatic rings. The summed E-state index contributed by atoms with van der Waals surface area (Å²) >= 11 is 0. The van der Waals surface area contributed by atoms with Crippen molar-refractivity contribution in [2.24, 2.45) is 0 Å². The molecule has 0 unspecified atom stereocenters. The summed E-state index contributed by atoms with van der Waals surface area (Å²) in [6.07, 6.45) is 0. The SMILES string of the molecule is O=CO.[Mn]. The van der Waals surface area contributed by atoms with Crippen LogP contribution in [-0.2, 0) is 21.9 Å². The first kappa shape index (κ1) is 9.01. The molecule has 0 amide bonds. The van der Waals surface area contributed by atoms with Crippen molar-refractivity contribution in [3.8, 4) is 0 Å². The van der Waals surface area contributed by atoms with Crippen LogP contribution >= 0.6 is 0 Å². The molecule has 0 aromatic heterocycles. The zero-order valence-electron chi connectivity index (χ0n) is 1.81. The Morgan fingerprint density at radius 3 is 1.75 bits per heavy atom. The molecule has 0 saturated carbocycles. The number of hydrogen-bond acceptors (Lipinski definition) is 1. The van der Waals surface area contributed by atoms with Crippen molar-refractivity contribution >= 4 is 6.47 Å². The molecule has 0 fully saturated rings. The van der Waals surface area contributed by atoms with Crippen molar-refractivity contribution in [3.63, 3.8) is 0 Å². The third-order valence-electron chi connectivity index (χ3n) is 0. The first-order chi connectivity index (χ1) is 1.41. The standard InChI is InChI=1S/CH2O2.Mn/c2-1-3;/h1H,(H,2,3);. The van der Waals surface area contributed by atoms with Crippen LogP contribution in [0.15, 0.2) is 0 Å². The van der Waals surface area contributed by atoms with E-state index in [2.05, 4.69) is 0 Å². The quantitative estimate of drug-likeness (QED) is 0.336. The van der Waals surface area contributed by atoms with Gasteiger partial charge in [-0.1, -0.05) is 0 Å². The molecule has 4 heavy (non-hydrogen) atoms. The average molecular weight is 101 g/mol. The molecular weight excluding hydrogens is 98.9 g/mol. The van der Waals surface area contributed by atoms with Gasteiger partial charge in [0.2, 0.25) is 0 Å². The van der Waals surface area contributed by atoms with Gasteiger partial charge < -0.3 is 5.11 Å². The van der Waals surface area contributed by atoms with Gasteiger partial charge in [0, 0.05) is 17.1 Å². The van der Waals surface area contributed by atoms with E-state index in [4.69, 9.17) is 9.90 Å². The minimum Gasteiger partial charge on any atom is -0.483 e. The van der Waals surface area contributed by atoms with Gasteiger partial charge in [0.05, 0.1) is 0 Å². The predicted molar refractivity (Wildman–Crippen MR) is 8.69 cm³/mol. The van der Waals surface area contributed by atoms with Crippen LogP contribution in [0.2, 0.25) is 0 Å². The molecule has 3 heteroatoms. The van der Waals surface area contributed by atoms with E-state index >= 15 is 0 Å². The fourth-order valence-corrected chi connectivity index (χ4v) is 0. The monoisotopic (exact) mass is 101 g/mol. The van der Waals surface area contributed by atoms with Crippen molar-refractivity contribution in [2.75, 3.05) is 0 Å². The summed E-state index contributed by atoms with van der Waals surface area (Å²) in [7, 11) is 0. The van der Waals surface area contributed by atoms with Crippen LogP contribution in [-0.4, -0.2) is 11.6 Å². The number of hydrogen-bond donors (Lipinski definition) is 1. The van der Waals surface area contributed by atoms with Gasteiger partial charge in [-0.2, -0.15) is 0 Å². The van der Waals surface area contributed by atoms with Gasteiger partial charge in [0.25, 0.3) is 6.47 Å². The minimum absolute atomic E-state index is 0. The summed E-state index contributed by atoms with van der Waals surface area (Å²) in [4.78, 5) is 8.36. The second-order valence-electron chi connectivity index (χ2n) is 0.105. The summed E-state index contributed by atoms with van der Waals surface area (Å²) in [6.45, 7) is -0.250. The van der Waals surface area contributed by atoms with Crippen molar-refractivity contribution < 1.29 is 27.0 Å². The zero-order valence-corrected chi connectivity index (χ0v) is 2.99. The van der Waals surface area contributed by atoms with Gasteiger partial charge in [-0.3, -0.25) is 4.79 Å². The Balaban J connectivity index is 0. The Bertz CT molecular complexity index is 13.5. The molecule has 1 N–H and O–H groups in total. The smallest absolute Gasteiger partial charge is 0.290 e. The van der Waals surface area contributed by atoms with Crippen LogP contribution < -0.4 is 0 Å². The fourth-order valence-electron chi connectivity index (χ4n) is 0. The van der Waals surface area contributed by atoms with Gasteiger partial charge in [0.15, 0.2) is 0 Å². The molecule has 25 valence electrons. The predicted octanol–water partition coefficient (Wildman–Crippen LogP) is -0.302. The summed E-state index contributed by atoms with van der Waals surface area (Å²) < 4.78 is 0. The van der Waals surface area contributed by atoms with Crippen molar-refractivity contribution in [1.29, 1.82) is 0 Å². The van der Waals surface area contributed by atoms with Crippen LogP contribution in [0.25, 0.3) is 0 Å². The van der Waals surface area contributed by atoms with Crippen LogP contribution in [0, 0.1) is 0 Å². The topological polar surface area (TPSA) is 37.3 Å². The molecule has 0 aliphatic carbocycles. The molecule has 0 rings (SSSR count). The van der Waals surface area contributed by atoms with E-state index in [0.717, 1.165) is 0 Å². The molecular formula is CH2MnO2. The molecule has 0 aliphatic heterocycles. The molecule has 0 saturated heterocycles. The molecule has 2 nitrogen and oxygen atoms in total. The van der Waals surface area contributed by atoms with Gasteiger partial charge in [-0.25, -0.2) is 0 Å². The van der Waals surface area contributed by atoms with Crippen molar-refractivity contribution in [2.45, 2.75) is 0 Å². The summed E-state index contributed by atoms with van der Waals surface area (Å²) in [6, 6.07) is 0. The second-order valence-corrected chi connectivity index (χ2v) is 0.105. The minimum atomic E-state index is -0.250. The van der Waals surface area contributed by atoms with Gasteiger partial charge >= 0.3 is 0 Å². The Kier molecular flexibility index (Phi) is 27.2. The first-order valence-corrected chi connectivity index (χ1v) is 0.494. The van der Waals surface area contributed by atoms with E-state index < -0.39 is 0 Å². The zero-order chi connectivity index (χ0) is 2.71. The molecule has 0 spiro atoms. The summed E-state index contributed by atoms with van der Waals surface area (Å²) in [5, 5.41) is 6.89. The van der Waals surface area contributed by atoms with Crippen LogP contribution in [0.1, 0.15) is 0 Å². The second kappa shape index (κ2) is 12.1. The Labute approximate surface area is 34.3 Å². The summed E-state index contributed by atoms with van der Waals surface area (Å²) in [5.41, 5.74) is 0. The third kappa shape index (κ3) is 17600. The van der Waals surface area contributed by atoms with Crippen LogP contribution in [0.5, 0.6) is 0 Å². The number of carboxylic acid groups (broad SMARTS) is 1. The van der Waals surface area contributed by atoms with Crippen LogP contribution in [0.4, 0.5) is 0 Å². The van der Waals surface area contributed by atoms with Gasteiger partial charge in [0.1, 0.15) is 0 Å². The van der Waals surface area contributed by atoms with Gasteiger partial charge in [-0.05, 0) is 0 Å². The van der Waals surface area contributed by atoms with E-state index in [0.29, 0.717) is 0 Å². The fraction of sp³-hybridized carbons (Fsp3) is 0. The molecule has 0 aromatic carbocycles. The number of rotatable bonds is 0. The molecule has 1 radical (unpaired) electrons. The normalized spacial score (nSPS) is 3.00. The van der Waals surface area contributed by atoms with E-state index in [9.17, 15) is 0 Å². The third-order valence-corrected chi connectivity index (χ3v) is 0. The Hall–Kier alpha value is -0.0105. The van der Waals surface area contributed by atoms with Gasteiger partial charge in [-0.15, -0.1) is 0 Å². The molecule has 0 heterocycles. The average Bonchev–Trinajstić information content (AvgIpc) is 0.918. The first-order valence-electron chi connectivity index (χ1n) is 0.494.